The van der Waals surface area contributed by atoms with Gasteiger partial charge in [-0.3, -0.25) is 0 Å². The fourth-order valence-electron chi connectivity index (χ4n) is 2.61. The topological polar surface area (TPSA) is 76.3 Å². The molecular weight excluding hydrogens is 382 g/mol. The molecule has 6 nitrogen and oxygen atoms in total. The highest BCUT2D eigenvalue weighted by atomic mass is 35.5. The van der Waals surface area contributed by atoms with Crippen LogP contribution in [0.3, 0.4) is 0 Å². The van der Waals surface area contributed by atoms with E-state index in [0.717, 1.165) is 10.4 Å². The first-order valence-corrected chi connectivity index (χ1v) is 10.2. The molecule has 0 radical (unpaired) electrons. The first-order chi connectivity index (χ1) is 11.9. The van der Waals surface area contributed by atoms with E-state index >= 15 is 0 Å². The summed E-state index contributed by atoms with van der Waals surface area (Å²) in [5.74, 6) is 0.813. The monoisotopic (exact) mass is 395 g/mol. The number of hydrogen-bond donors (Lipinski definition) is 0. The zero-order valence-electron chi connectivity index (χ0n) is 13.2. The number of thiophene rings is 1. The number of nitrogens with zero attached hydrogens (tertiary/aromatic N) is 3. The van der Waals surface area contributed by atoms with Crippen LogP contribution in [0.15, 0.2) is 45.1 Å². The molecule has 9 heteroatoms. The molecule has 1 aromatic carbocycles. The molecule has 0 unspecified atom stereocenters. The Labute approximate surface area is 154 Å². The van der Waals surface area contributed by atoms with E-state index in [1.165, 1.54) is 15.6 Å². The van der Waals surface area contributed by atoms with Crippen molar-refractivity contribution in [3.05, 3.63) is 52.2 Å². The minimum atomic E-state index is -3.43. The highest BCUT2D eigenvalue weighted by Crippen LogP contribution is 2.34. The Morgan fingerprint density at radius 2 is 2.08 bits per heavy atom. The van der Waals surface area contributed by atoms with Crippen LogP contribution in [0.4, 0.5) is 0 Å². The summed E-state index contributed by atoms with van der Waals surface area (Å²) in [6.45, 7) is 2.57. The molecule has 3 heterocycles. The summed E-state index contributed by atoms with van der Waals surface area (Å²) < 4.78 is 32.2. The van der Waals surface area contributed by atoms with Crippen LogP contribution in [-0.4, -0.2) is 36.0 Å². The van der Waals surface area contributed by atoms with Gasteiger partial charge >= 0.3 is 0 Å². The first-order valence-electron chi connectivity index (χ1n) is 7.59. The maximum atomic E-state index is 12.5. The summed E-state index contributed by atoms with van der Waals surface area (Å²) in [4.78, 5) is 5.35. The van der Waals surface area contributed by atoms with Gasteiger partial charge in [0.05, 0.1) is 5.92 Å². The number of benzene rings is 1. The molecule has 4 rings (SSSR count). The smallest absolute Gasteiger partial charge is 0.252 e. The molecule has 0 amide bonds. The standard InChI is InChI=1S/C16H14ClN3O3S2/c1-10-5-6-14(24-10)25(21,22)20-8-12(9-20)16-18-15(19-23-16)11-3-2-4-13(17)7-11/h2-7,12H,8-9H2,1H3. The third kappa shape index (κ3) is 3.10. The van der Waals surface area contributed by atoms with Gasteiger partial charge in [0.1, 0.15) is 4.21 Å². The van der Waals surface area contributed by atoms with Crippen molar-refractivity contribution in [3.63, 3.8) is 0 Å². The molecule has 25 heavy (non-hydrogen) atoms. The number of halogens is 1. The van der Waals surface area contributed by atoms with Crippen LogP contribution in [0, 0.1) is 6.92 Å². The number of hydrogen-bond acceptors (Lipinski definition) is 6. The molecule has 1 fully saturated rings. The van der Waals surface area contributed by atoms with Gasteiger partial charge in [-0.2, -0.15) is 9.29 Å². The van der Waals surface area contributed by atoms with Gasteiger partial charge in [-0.05, 0) is 31.2 Å². The van der Waals surface area contributed by atoms with Gasteiger partial charge in [0, 0.05) is 28.6 Å². The van der Waals surface area contributed by atoms with Crippen molar-refractivity contribution in [2.24, 2.45) is 0 Å². The van der Waals surface area contributed by atoms with E-state index in [1.54, 1.807) is 18.2 Å². The number of aromatic nitrogens is 2. The van der Waals surface area contributed by atoms with Crippen molar-refractivity contribution in [1.82, 2.24) is 14.4 Å². The van der Waals surface area contributed by atoms with E-state index in [-0.39, 0.29) is 5.92 Å². The van der Waals surface area contributed by atoms with Gasteiger partial charge in [0.25, 0.3) is 10.0 Å². The summed E-state index contributed by atoms with van der Waals surface area (Å²) in [6.07, 6.45) is 0. The first kappa shape index (κ1) is 16.7. The van der Waals surface area contributed by atoms with Crippen LogP contribution in [0.5, 0.6) is 0 Å². The summed E-state index contributed by atoms with van der Waals surface area (Å²) in [5.41, 5.74) is 0.764. The largest absolute Gasteiger partial charge is 0.339 e. The van der Waals surface area contributed by atoms with Gasteiger partial charge in [-0.1, -0.05) is 28.9 Å². The Kier molecular flexibility index (Phi) is 4.15. The number of aryl methyl sites for hydroxylation is 1. The second kappa shape index (κ2) is 6.21. The lowest BCUT2D eigenvalue weighted by Crippen LogP contribution is -2.48. The van der Waals surface area contributed by atoms with E-state index < -0.39 is 10.0 Å². The van der Waals surface area contributed by atoms with Crippen LogP contribution in [0.25, 0.3) is 11.4 Å². The molecule has 3 aromatic rings. The molecule has 0 N–H and O–H groups in total. The average molecular weight is 396 g/mol. The Balaban J connectivity index is 1.48. The number of sulfonamides is 1. The predicted molar refractivity (Wildman–Crippen MR) is 95.3 cm³/mol. The lowest BCUT2D eigenvalue weighted by molar-refractivity contribution is 0.217. The normalized spacial score (nSPS) is 16.1. The van der Waals surface area contributed by atoms with Crippen LogP contribution in [0.2, 0.25) is 5.02 Å². The molecule has 0 aliphatic carbocycles. The fourth-order valence-corrected chi connectivity index (χ4v) is 5.77. The predicted octanol–water partition coefficient (Wildman–Crippen LogP) is 3.55. The SMILES string of the molecule is Cc1ccc(S(=O)(=O)N2CC(c3nc(-c4cccc(Cl)c4)no3)C2)s1. The van der Waals surface area contributed by atoms with Crippen LogP contribution in [0.1, 0.15) is 16.7 Å². The van der Waals surface area contributed by atoms with E-state index in [0.29, 0.717) is 34.0 Å². The molecule has 1 aliphatic rings. The Morgan fingerprint density at radius 1 is 1.28 bits per heavy atom. The maximum absolute atomic E-state index is 12.5. The van der Waals surface area contributed by atoms with Gasteiger partial charge in [0.2, 0.25) is 11.7 Å². The van der Waals surface area contributed by atoms with Gasteiger partial charge in [-0.15, -0.1) is 11.3 Å². The van der Waals surface area contributed by atoms with Crippen molar-refractivity contribution in [2.75, 3.05) is 13.1 Å². The Bertz CT molecular complexity index is 1020. The van der Waals surface area contributed by atoms with Gasteiger partial charge in [0.15, 0.2) is 0 Å². The van der Waals surface area contributed by atoms with Crippen molar-refractivity contribution in [3.8, 4) is 11.4 Å². The molecule has 1 aliphatic heterocycles. The molecule has 0 atom stereocenters. The molecule has 0 bridgehead atoms. The third-order valence-electron chi connectivity index (χ3n) is 4.03. The molecule has 0 spiro atoms. The Hall–Kier alpha value is -1.74. The summed E-state index contributed by atoms with van der Waals surface area (Å²) in [5, 5.41) is 4.56. The second-order valence-electron chi connectivity index (χ2n) is 5.85. The quantitative estimate of drug-likeness (QED) is 0.675. The number of rotatable bonds is 4. The van der Waals surface area contributed by atoms with Crippen molar-refractivity contribution < 1.29 is 12.9 Å². The summed E-state index contributed by atoms with van der Waals surface area (Å²) >= 11 is 7.25. The molecule has 2 aromatic heterocycles. The zero-order chi connectivity index (χ0) is 17.6. The minimum Gasteiger partial charge on any atom is -0.339 e. The van der Waals surface area contributed by atoms with Crippen LogP contribution >= 0.6 is 22.9 Å². The highest BCUT2D eigenvalue weighted by Gasteiger charge is 2.40. The fraction of sp³-hybridized carbons (Fsp3) is 0.250. The minimum absolute atomic E-state index is 0.0868. The zero-order valence-corrected chi connectivity index (χ0v) is 15.6. The Morgan fingerprint density at radius 3 is 2.76 bits per heavy atom. The van der Waals surface area contributed by atoms with Gasteiger partial charge < -0.3 is 4.52 Å². The van der Waals surface area contributed by atoms with E-state index in [1.807, 2.05) is 25.1 Å². The summed E-state index contributed by atoms with van der Waals surface area (Å²) in [6, 6.07) is 10.6. The lowest BCUT2D eigenvalue weighted by atomic mass is 10.0. The van der Waals surface area contributed by atoms with E-state index in [9.17, 15) is 8.42 Å². The van der Waals surface area contributed by atoms with Gasteiger partial charge in [-0.25, -0.2) is 8.42 Å². The lowest BCUT2D eigenvalue weighted by Gasteiger charge is -2.35. The molecule has 0 saturated carbocycles. The van der Waals surface area contributed by atoms with E-state index in [2.05, 4.69) is 10.1 Å². The molecule has 130 valence electrons. The van der Waals surface area contributed by atoms with Crippen LogP contribution < -0.4 is 0 Å². The van der Waals surface area contributed by atoms with Crippen LogP contribution in [-0.2, 0) is 10.0 Å². The average Bonchev–Trinajstić information content (AvgIpc) is 3.15. The van der Waals surface area contributed by atoms with Crippen molar-refractivity contribution in [1.29, 1.82) is 0 Å². The summed E-state index contributed by atoms with van der Waals surface area (Å²) in [7, 11) is -3.43. The van der Waals surface area contributed by atoms with E-state index in [4.69, 9.17) is 16.1 Å². The molecular formula is C16H14ClN3O3S2. The van der Waals surface area contributed by atoms with Crippen molar-refractivity contribution >= 4 is 33.0 Å². The highest BCUT2D eigenvalue weighted by molar-refractivity contribution is 7.91. The molecule has 1 saturated heterocycles. The second-order valence-corrected chi connectivity index (χ2v) is 9.74. The van der Waals surface area contributed by atoms with Crippen molar-refractivity contribution in [2.45, 2.75) is 17.1 Å². The third-order valence-corrected chi connectivity index (χ3v) is 7.57. The maximum Gasteiger partial charge on any atom is 0.252 e.